The van der Waals surface area contributed by atoms with Crippen LogP contribution in [-0.4, -0.2) is 24.9 Å². The highest BCUT2D eigenvalue weighted by Gasteiger charge is 2.08. The average Bonchev–Trinajstić information content (AvgIpc) is 2.21. The molecule has 1 atom stereocenters. The molecule has 0 spiro atoms. The van der Waals surface area contributed by atoms with Gasteiger partial charge in [-0.3, -0.25) is 0 Å². The molecule has 0 saturated heterocycles. The first-order valence-corrected chi connectivity index (χ1v) is 6.52. The van der Waals surface area contributed by atoms with Gasteiger partial charge in [0, 0.05) is 29.7 Å². The van der Waals surface area contributed by atoms with E-state index in [1.165, 1.54) is 0 Å². The second-order valence-corrected chi connectivity index (χ2v) is 5.40. The second kappa shape index (κ2) is 6.59. The van der Waals surface area contributed by atoms with E-state index in [9.17, 15) is 5.11 Å². The molecule has 0 radical (unpaired) electrons. The van der Waals surface area contributed by atoms with Gasteiger partial charge in [0.15, 0.2) is 0 Å². The Kier molecular flexibility index (Phi) is 5.75. The predicted molar refractivity (Wildman–Crippen MR) is 71.7 cm³/mol. The molecule has 0 aromatic heterocycles. The molecule has 1 aromatic rings. The van der Waals surface area contributed by atoms with Gasteiger partial charge in [-0.2, -0.15) is 0 Å². The van der Waals surface area contributed by atoms with Crippen LogP contribution >= 0.6 is 31.9 Å². The number of benzene rings is 1. The highest BCUT2D eigenvalue weighted by Crippen LogP contribution is 2.31. The minimum atomic E-state index is 0.252. The number of hydrogen-bond donors (Lipinski definition) is 2. The summed E-state index contributed by atoms with van der Waals surface area (Å²) in [6.07, 6.45) is 0. The van der Waals surface area contributed by atoms with E-state index in [1.807, 2.05) is 19.1 Å². The summed E-state index contributed by atoms with van der Waals surface area (Å²) in [5, 5.41) is 13.1. The molecule has 2 N–H and O–H groups in total. The Morgan fingerprint density at radius 1 is 1.44 bits per heavy atom. The molecule has 16 heavy (non-hydrogen) atoms. The van der Waals surface area contributed by atoms with Crippen molar-refractivity contribution in [2.45, 2.75) is 19.5 Å². The Labute approximate surface area is 112 Å². The zero-order chi connectivity index (χ0) is 12.1. The quantitative estimate of drug-likeness (QED) is 0.855. The molecule has 0 aliphatic heterocycles. The molecule has 0 saturated carbocycles. The second-order valence-electron chi connectivity index (χ2n) is 3.63. The summed E-state index contributed by atoms with van der Waals surface area (Å²) in [7, 11) is 1.67. The van der Waals surface area contributed by atoms with Crippen molar-refractivity contribution < 1.29 is 9.84 Å². The molecule has 1 unspecified atom stereocenters. The van der Waals surface area contributed by atoms with Crippen molar-refractivity contribution in [1.29, 1.82) is 0 Å². The zero-order valence-corrected chi connectivity index (χ0v) is 12.4. The van der Waals surface area contributed by atoms with Crippen molar-refractivity contribution >= 4 is 31.9 Å². The van der Waals surface area contributed by atoms with Gasteiger partial charge in [0.05, 0.1) is 11.1 Å². The van der Waals surface area contributed by atoms with Crippen molar-refractivity contribution in [3.63, 3.8) is 0 Å². The summed E-state index contributed by atoms with van der Waals surface area (Å²) < 4.78 is 6.66. The number of hydrogen-bond acceptors (Lipinski definition) is 3. The summed E-state index contributed by atoms with van der Waals surface area (Å²) >= 11 is 6.69. The number of aromatic hydroxyl groups is 1. The number of rotatable bonds is 5. The summed E-state index contributed by atoms with van der Waals surface area (Å²) in [6, 6.07) is 3.96. The van der Waals surface area contributed by atoms with Crippen LogP contribution < -0.4 is 5.32 Å². The van der Waals surface area contributed by atoms with Gasteiger partial charge in [0.25, 0.3) is 0 Å². The molecule has 1 aromatic carbocycles. The van der Waals surface area contributed by atoms with Crippen LogP contribution in [0.5, 0.6) is 5.75 Å². The first-order valence-electron chi connectivity index (χ1n) is 4.93. The maximum Gasteiger partial charge on any atom is 0.134 e. The van der Waals surface area contributed by atoms with Crippen molar-refractivity contribution in [2.75, 3.05) is 13.7 Å². The zero-order valence-electron chi connectivity index (χ0n) is 9.26. The third kappa shape index (κ3) is 4.05. The number of phenolic OH excluding ortho intramolecular Hbond substituents is 1. The van der Waals surface area contributed by atoms with E-state index in [0.717, 1.165) is 10.0 Å². The van der Waals surface area contributed by atoms with E-state index in [2.05, 4.69) is 37.2 Å². The highest BCUT2D eigenvalue weighted by molar-refractivity contribution is 9.11. The van der Waals surface area contributed by atoms with Gasteiger partial charge in [-0.15, -0.1) is 0 Å². The maximum atomic E-state index is 9.83. The van der Waals surface area contributed by atoms with Gasteiger partial charge in [-0.05, 0) is 35.0 Å². The highest BCUT2D eigenvalue weighted by atomic mass is 79.9. The number of phenols is 1. The molecule has 0 aliphatic rings. The minimum Gasteiger partial charge on any atom is -0.506 e. The van der Waals surface area contributed by atoms with Gasteiger partial charge >= 0.3 is 0 Å². The molecular formula is C11H15Br2NO2. The van der Waals surface area contributed by atoms with Gasteiger partial charge in [0.2, 0.25) is 0 Å². The molecule has 0 fully saturated rings. The lowest BCUT2D eigenvalue weighted by Gasteiger charge is -2.14. The van der Waals surface area contributed by atoms with Crippen LogP contribution in [0.15, 0.2) is 21.1 Å². The van der Waals surface area contributed by atoms with Crippen molar-refractivity contribution in [2.24, 2.45) is 0 Å². The molecule has 0 heterocycles. The Morgan fingerprint density at radius 3 is 2.75 bits per heavy atom. The van der Waals surface area contributed by atoms with E-state index in [1.54, 1.807) is 7.11 Å². The molecule has 1 rings (SSSR count). The van der Waals surface area contributed by atoms with Crippen molar-refractivity contribution in [3.8, 4) is 5.75 Å². The first-order chi connectivity index (χ1) is 7.54. The lowest BCUT2D eigenvalue weighted by atomic mass is 10.2. The molecule has 0 aliphatic carbocycles. The van der Waals surface area contributed by atoms with Crippen LogP contribution in [0.2, 0.25) is 0 Å². The third-order valence-electron chi connectivity index (χ3n) is 2.16. The lowest BCUT2D eigenvalue weighted by molar-refractivity contribution is 0.171. The van der Waals surface area contributed by atoms with Gasteiger partial charge < -0.3 is 15.2 Å². The average molecular weight is 353 g/mol. The van der Waals surface area contributed by atoms with Gasteiger partial charge in [0.1, 0.15) is 5.75 Å². The van der Waals surface area contributed by atoms with Gasteiger partial charge in [-0.25, -0.2) is 0 Å². The number of halogens is 2. The fraction of sp³-hybridized carbons (Fsp3) is 0.455. The van der Waals surface area contributed by atoms with E-state index < -0.39 is 0 Å². The number of nitrogens with one attached hydrogen (secondary N) is 1. The van der Waals surface area contributed by atoms with Crippen molar-refractivity contribution in [3.05, 3.63) is 26.6 Å². The predicted octanol–water partition coefficient (Wildman–Crippen LogP) is 3.04. The third-order valence-corrected chi connectivity index (χ3v) is 3.23. The number of methoxy groups -OCH3 is 1. The van der Waals surface area contributed by atoms with Crippen LogP contribution in [0.4, 0.5) is 0 Å². The monoisotopic (exact) mass is 351 g/mol. The Bertz CT molecular complexity index is 358. The van der Waals surface area contributed by atoms with Crippen LogP contribution in [0, 0.1) is 0 Å². The largest absolute Gasteiger partial charge is 0.506 e. The first kappa shape index (κ1) is 14.0. The standard InChI is InChI=1S/C11H15Br2NO2/c1-7(6-16-2)14-5-8-3-9(12)4-10(13)11(8)15/h3-4,7,14-15H,5-6H2,1-2H3. The van der Waals surface area contributed by atoms with E-state index in [-0.39, 0.29) is 11.8 Å². The maximum absolute atomic E-state index is 9.83. The number of ether oxygens (including phenoxy) is 1. The topological polar surface area (TPSA) is 41.5 Å². The van der Waals surface area contributed by atoms with Gasteiger partial charge in [-0.1, -0.05) is 15.9 Å². The van der Waals surface area contributed by atoms with E-state index in [4.69, 9.17) is 4.74 Å². The Morgan fingerprint density at radius 2 is 2.12 bits per heavy atom. The molecule has 0 amide bonds. The lowest BCUT2D eigenvalue weighted by Crippen LogP contribution is -2.29. The molecule has 90 valence electrons. The smallest absolute Gasteiger partial charge is 0.134 e. The van der Waals surface area contributed by atoms with Crippen molar-refractivity contribution in [1.82, 2.24) is 5.32 Å². The minimum absolute atomic E-state index is 0.252. The fourth-order valence-electron chi connectivity index (χ4n) is 1.35. The fourth-order valence-corrected chi connectivity index (χ4v) is 2.66. The summed E-state index contributed by atoms with van der Waals surface area (Å²) in [6.45, 7) is 3.29. The molecular weight excluding hydrogens is 338 g/mol. The van der Waals surface area contributed by atoms with Crippen LogP contribution in [0.3, 0.4) is 0 Å². The normalized spacial score (nSPS) is 12.8. The van der Waals surface area contributed by atoms with Crippen LogP contribution in [0.1, 0.15) is 12.5 Å². The summed E-state index contributed by atoms with van der Waals surface area (Å²) in [5.74, 6) is 0.278. The van der Waals surface area contributed by atoms with Crippen LogP contribution in [-0.2, 0) is 11.3 Å². The Hall–Kier alpha value is -0.100. The summed E-state index contributed by atoms with van der Waals surface area (Å²) in [4.78, 5) is 0. The SMILES string of the molecule is COCC(C)NCc1cc(Br)cc(Br)c1O. The van der Waals surface area contributed by atoms with E-state index >= 15 is 0 Å². The molecule has 0 bridgehead atoms. The summed E-state index contributed by atoms with van der Waals surface area (Å²) in [5.41, 5.74) is 0.851. The molecule has 5 heteroatoms. The Balaban J connectivity index is 2.66. The van der Waals surface area contributed by atoms with Crippen LogP contribution in [0.25, 0.3) is 0 Å². The van der Waals surface area contributed by atoms with E-state index in [0.29, 0.717) is 17.6 Å². The molecule has 3 nitrogen and oxygen atoms in total.